The van der Waals surface area contributed by atoms with E-state index in [-0.39, 0.29) is 5.82 Å². The van der Waals surface area contributed by atoms with Crippen LogP contribution in [0.1, 0.15) is 37.4 Å². The second-order valence-electron chi connectivity index (χ2n) is 7.68. The Morgan fingerprint density at radius 3 is 2.66 bits per heavy atom. The SMILES string of the molecule is C#C/C(=C(/CCCC)c1c(F)cccc1-c1cn(C)nc1C)N1C=CC(C(N)=O)=CC1=C. The Balaban J connectivity index is 2.26. The normalized spacial score (nSPS) is 14.2. The maximum Gasteiger partial charge on any atom is 0.248 e. The van der Waals surface area contributed by atoms with Crippen molar-refractivity contribution in [1.29, 1.82) is 0 Å². The maximum absolute atomic E-state index is 15.4. The molecule has 0 atom stereocenters. The topological polar surface area (TPSA) is 64.2 Å². The van der Waals surface area contributed by atoms with E-state index >= 15 is 4.39 Å². The number of halogens is 1. The standard InChI is InChI=1S/C26H27FN4O/c1-6-8-10-21(24(7-2)31-14-13-19(26(28)32)15-17(31)3)25-20(11-9-12-23(25)27)22-16-30(5)29-18(22)4/h2,9,11-16H,3,6,8,10H2,1,4-5H3,(H2,28,32)/b24-21+. The van der Waals surface area contributed by atoms with Gasteiger partial charge in [-0.1, -0.05) is 38.0 Å². The maximum atomic E-state index is 15.4. The van der Waals surface area contributed by atoms with Crippen LogP contribution < -0.4 is 5.73 Å². The van der Waals surface area contributed by atoms with E-state index in [2.05, 4.69) is 24.5 Å². The van der Waals surface area contributed by atoms with Crippen molar-refractivity contribution in [3.63, 3.8) is 0 Å². The average Bonchev–Trinajstić information content (AvgIpc) is 3.09. The summed E-state index contributed by atoms with van der Waals surface area (Å²) in [4.78, 5) is 13.3. The van der Waals surface area contributed by atoms with Crippen molar-refractivity contribution in [3.8, 4) is 23.5 Å². The molecule has 0 radical (unpaired) electrons. The molecule has 5 nitrogen and oxygen atoms in total. The van der Waals surface area contributed by atoms with Gasteiger partial charge in [0.05, 0.1) is 5.69 Å². The molecule has 2 N–H and O–H groups in total. The van der Waals surface area contributed by atoms with E-state index in [0.717, 1.165) is 29.7 Å². The van der Waals surface area contributed by atoms with Gasteiger partial charge in [0, 0.05) is 41.8 Å². The summed E-state index contributed by atoms with van der Waals surface area (Å²) < 4.78 is 17.1. The molecule has 32 heavy (non-hydrogen) atoms. The van der Waals surface area contributed by atoms with Gasteiger partial charge in [-0.2, -0.15) is 5.10 Å². The minimum atomic E-state index is -0.553. The van der Waals surface area contributed by atoms with Crippen LogP contribution in [0.3, 0.4) is 0 Å². The minimum absolute atomic E-state index is 0.329. The van der Waals surface area contributed by atoms with Crippen LogP contribution in [0.5, 0.6) is 0 Å². The lowest BCUT2D eigenvalue weighted by Crippen LogP contribution is -2.22. The molecule has 1 aliphatic rings. The summed E-state index contributed by atoms with van der Waals surface area (Å²) in [6, 6.07) is 5.01. The molecular formula is C26H27FN4O. The molecule has 2 heterocycles. The number of rotatable bonds is 7. The monoisotopic (exact) mass is 430 g/mol. The Morgan fingerprint density at radius 2 is 2.09 bits per heavy atom. The molecule has 0 spiro atoms. The summed E-state index contributed by atoms with van der Waals surface area (Å²) in [7, 11) is 1.83. The zero-order valence-electron chi connectivity index (χ0n) is 18.7. The molecule has 0 saturated carbocycles. The molecule has 1 aromatic heterocycles. The highest BCUT2D eigenvalue weighted by Gasteiger charge is 2.24. The molecule has 3 rings (SSSR count). The molecule has 0 saturated heterocycles. The number of nitrogens with two attached hydrogens (primary N) is 1. The van der Waals surface area contributed by atoms with Crippen molar-refractivity contribution in [2.75, 3.05) is 0 Å². The number of hydrogen-bond acceptors (Lipinski definition) is 3. The van der Waals surface area contributed by atoms with Crippen LogP contribution in [0.2, 0.25) is 0 Å². The predicted octanol–water partition coefficient (Wildman–Crippen LogP) is 4.82. The van der Waals surface area contributed by atoms with Gasteiger partial charge < -0.3 is 10.6 Å². The zero-order chi connectivity index (χ0) is 23.4. The van der Waals surface area contributed by atoms with Crippen LogP contribution in [0.25, 0.3) is 16.7 Å². The first-order chi connectivity index (χ1) is 15.3. The first-order valence-electron chi connectivity index (χ1n) is 10.5. The fourth-order valence-electron chi connectivity index (χ4n) is 3.86. The quantitative estimate of drug-likeness (QED) is 0.641. The van der Waals surface area contributed by atoms with Crippen molar-refractivity contribution in [3.05, 3.63) is 83.4 Å². The molecule has 1 amide bonds. The van der Waals surface area contributed by atoms with Crippen molar-refractivity contribution < 1.29 is 9.18 Å². The van der Waals surface area contributed by atoms with E-state index in [1.54, 1.807) is 34.0 Å². The first kappa shape index (κ1) is 22.8. The van der Waals surface area contributed by atoms with Crippen LogP contribution in [-0.4, -0.2) is 20.6 Å². The second kappa shape index (κ2) is 9.52. The fraction of sp³-hybridized carbons (Fsp3) is 0.231. The number of allylic oxidation sites excluding steroid dienone is 3. The van der Waals surface area contributed by atoms with Gasteiger partial charge in [-0.3, -0.25) is 9.48 Å². The van der Waals surface area contributed by atoms with Crippen molar-refractivity contribution in [2.24, 2.45) is 12.8 Å². The number of carbonyl (C=O) groups excluding carboxylic acids is 1. The minimum Gasteiger partial charge on any atom is -0.366 e. The third-order valence-corrected chi connectivity index (χ3v) is 5.38. The van der Waals surface area contributed by atoms with Gasteiger partial charge in [0.25, 0.3) is 0 Å². The van der Waals surface area contributed by atoms with E-state index in [1.165, 1.54) is 6.07 Å². The van der Waals surface area contributed by atoms with Gasteiger partial charge in [0.15, 0.2) is 0 Å². The van der Waals surface area contributed by atoms with E-state index in [1.807, 2.05) is 26.2 Å². The number of hydrogen-bond donors (Lipinski definition) is 1. The fourth-order valence-corrected chi connectivity index (χ4v) is 3.86. The molecular weight excluding hydrogens is 403 g/mol. The lowest BCUT2D eigenvalue weighted by molar-refractivity contribution is -0.114. The van der Waals surface area contributed by atoms with Crippen LogP contribution >= 0.6 is 0 Å². The first-order valence-corrected chi connectivity index (χ1v) is 10.5. The molecule has 0 unspecified atom stereocenters. The zero-order valence-corrected chi connectivity index (χ0v) is 18.7. The van der Waals surface area contributed by atoms with Crippen LogP contribution in [0, 0.1) is 25.1 Å². The second-order valence-corrected chi connectivity index (χ2v) is 7.68. The highest BCUT2D eigenvalue weighted by atomic mass is 19.1. The number of aromatic nitrogens is 2. The highest BCUT2D eigenvalue weighted by Crippen LogP contribution is 2.38. The Kier molecular flexibility index (Phi) is 6.79. The third-order valence-electron chi connectivity index (χ3n) is 5.38. The smallest absolute Gasteiger partial charge is 0.248 e. The highest BCUT2D eigenvalue weighted by molar-refractivity contribution is 5.95. The summed E-state index contributed by atoms with van der Waals surface area (Å²) in [6.07, 6.45) is 15.0. The van der Waals surface area contributed by atoms with Gasteiger partial charge in [-0.15, -0.1) is 6.42 Å². The molecule has 2 aromatic rings. The molecule has 1 aromatic carbocycles. The Bertz CT molecular complexity index is 1210. The summed E-state index contributed by atoms with van der Waals surface area (Å²) in [5, 5.41) is 4.42. The third kappa shape index (κ3) is 4.42. The van der Waals surface area contributed by atoms with Crippen LogP contribution in [-0.2, 0) is 11.8 Å². The molecule has 1 aliphatic heterocycles. The Morgan fingerprint density at radius 1 is 1.34 bits per heavy atom. The Hall–Kier alpha value is -3.85. The number of unbranched alkanes of at least 4 members (excludes halogenated alkanes) is 1. The van der Waals surface area contributed by atoms with Gasteiger partial charge in [-0.25, -0.2) is 4.39 Å². The number of nitrogens with zero attached hydrogens (tertiary/aromatic N) is 3. The molecule has 164 valence electrons. The predicted molar refractivity (Wildman–Crippen MR) is 126 cm³/mol. The van der Waals surface area contributed by atoms with Gasteiger partial charge in [0.2, 0.25) is 5.91 Å². The summed E-state index contributed by atoms with van der Waals surface area (Å²) in [6.45, 7) is 8.00. The number of carbonyl (C=O) groups is 1. The van der Waals surface area contributed by atoms with Crippen molar-refractivity contribution >= 4 is 11.5 Å². The van der Waals surface area contributed by atoms with Gasteiger partial charge in [-0.05, 0) is 49.1 Å². The van der Waals surface area contributed by atoms with Gasteiger partial charge in [0.1, 0.15) is 11.5 Å². The van der Waals surface area contributed by atoms with Crippen molar-refractivity contribution in [2.45, 2.75) is 33.1 Å². The van der Waals surface area contributed by atoms with E-state index in [4.69, 9.17) is 12.2 Å². The average molecular weight is 431 g/mol. The van der Waals surface area contributed by atoms with E-state index in [9.17, 15) is 4.79 Å². The Labute approximate surface area is 188 Å². The van der Waals surface area contributed by atoms with Crippen LogP contribution in [0.15, 0.2) is 66.3 Å². The largest absolute Gasteiger partial charge is 0.366 e. The van der Waals surface area contributed by atoms with E-state index in [0.29, 0.717) is 34.5 Å². The van der Waals surface area contributed by atoms with Gasteiger partial charge >= 0.3 is 0 Å². The number of amides is 1. The number of terminal acetylenes is 1. The molecule has 6 heteroatoms. The molecule has 0 fully saturated rings. The number of benzene rings is 1. The number of primary amides is 1. The van der Waals surface area contributed by atoms with E-state index < -0.39 is 5.91 Å². The number of aryl methyl sites for hydroxylation is 2. The van der Waals surface area contributed by atoms with Crippen LogP contribution in [0.4, 0.5) is 4.39 Å². The molecule has 0 bridgehead atoms. The summed E-state index contributed by atoms with van der Waals surface area (Å²) >= 11 is 0. The lowest BCUT2D eigenvalue weighted by atomic mass is 9.89. The lowest BCUT2D eigenvalue weighted by Gasteiger charge is -2.27. The summed E-state index contributed by atoms with van der Waals surface area (Å²) in [5.74, 6) is 1.83. The summed E-state index contributed by atoms with van der Waals surface area (Å²) in [5.41, 5.74) is 10.2. The van der Waals surface area contributed by atoms with Crippen molar-refractivity contribution in [1.82, 2.24) is 14.7 Å². The molecule has 0 aliphatic carbocycles.